The molecule has 0 aliphatic carbocycles. The molecule has 0 spiro atoms. The highest BCUT2D eigenvalue weighted by Gasteiger charge is 2.33. The Kier molecular flexibility index (Phi) is 5.16. The van der Waals surface area contributed by atoms with Crippen LogP contribution < -0.4 is 4.90 Å². The molecule has 0 N–H and O–H groups in total. The van der Waals surface area contributed by atoms with E-state index in [1.54, 1.807) is 0 Å². The minimum Gasteiger partial charge on any atom is -0.379 e. The zero-order valence-corrected chi connectivity index (χ0v) is 15.9. The summed E-state index contributed by atoms with van der Waals surface area (Å²) in [5.74, 6) is 0.559. The molecule has 6 nitrogen and oxygen atoms in total. The highest BCUT2D eigenvalue weighted by Crippen LogP contribution is 2.22. The van der Waals surface area contributed by atoms with Crippen molar-refractivity contribution in [2.45, 2.75) is 6.04 Å². The summed E-state index contributed by atoms with van der Waals surface area (Å²) in [4.78, 5) is 22.2. The summed E-state index contributed by atoms with van der Waals surface area (Å²) in [5.41, 5.74) is 2.02. The van der Waals surface area contributed by atoms with Crippen LogP contribution in [-0.4, -0.2) is 99.8 Å². The number of rotatable bonds is 2. The van der Waals surface area contributed by atoms with Crippen LogP contribution in [0.5, 0.6) is 0 Å². The molecule has 1 aromatic carbocycles. The van der Waals surface area contributed by atoms with E-state index in [1.807, 2.05) is 17.0 Å². The second-order valence-corrected chi connectivity index (χ2v) is 8.04. The quantitative estimate of drug-likeness (QED) is 0.784. The van der Waals surface area contributed by atoms with E-state index < -0.39 is 0 Å². The van der Waals surface area contributed by atoms with E-state index in [1.165, 1.54) is 5.69 Å². The van der Waals surface area contributed by atoms with Crippen molar-refractivity contribution in [3.8, 4) is 0 Å². The van der Waals surface area contributed by atoms with Gasteiger partial charge in [0.25, 0.3) is 5.91 Å². The summed E-state index contributed by atoms with van der Waals surface area (Å²) < 4.78 is 5.77. The minimum atomic E-state index is 0.155. The Labute approximate surface area is 156 Å². The second kappa shape index (κ2) is 7.55. The van der Waals surface area contributed by atoms with Gasteiger partial charge in [0, 0.05) is 63.0 Å². The van der Waals surface area contributed by atoms with Crippen molar-refractivity contribution in [3.05, 3.63) is 29.8 Å². The highest BCUT2D eigenvalue weighted by molar-refractivity contribution is 5.94. The standard InChI is InChI=1S/C20H30N4O2/c1-21-7-9-23(10-8-21)18-5-3-17(4-6-18)20(25)24-12-16-11-22(2)19(13-24)15-26-14-16/h3-6,16,19H,7-15H2,1-2H3/t16-,19+/m1/s1. The maximum Gasteiger partial charge on any atom is 0.253 e. The summed E-state index contributed by atoms with van der Waals surface area (Å²) >= 11 is 0. The lowest BCUT2D eigenvalue weighted by Gasteiger charge is -2.34. The average Bonchev–Trinajstić information content (AvgIpc) is 2.90. The van der Waals surface area contributed by atoms with Crippen LogP contribution >= 0.6 is 0 Å². The molecule has 3 aliphatic rings. The number of ether oxygens (including phenoxy) is 1. The maximum absolute atomic E-state index is 13.1. The van der Waals surface area contributed by atoms with Crippen molar-refractivity contribution in [3.63, 3.8) is 0 Å². The van der Waals surface area contributed by atoms with E-state index in [0.717, 1.165) is 64.6 Å². The Balaban J connectivity index is 1.44. The summed E-state index contributed by atoms with van der Waals surface area (Å²) in [6.07, 6.45) is 0. The van der Waals surface area contributed by atoms with Gasteiger partial charge in [-0.1, -0.05) is 0 Å². The van der Waals surface area contributed by atoms with Gasteiger partial charge in [-0.3, -0.25) is 9.69 Å². The number of carbonyl (C=O) groups excluding carboxylic acids is 1. The van der Waals surface area contributed by atoms with E-state index in [2.05, 4.69) is 40.9 Å². The topological polar surface area (TPSA) is 39.3 Å². The zero-order chi connectivity index (χ0) is 18.1. The van der Waals surface area contributed by atoms with Crippen LogP contribution in [0.1, 0.15) is 10.4 Å². The largest absolute Gasteiger partial charge is 0.379 e. The predicted molar refractivity (Wildman–Crippen MR) is 103 cm³/mol. The SMILES string of the molecule is CN1CCN(c2ccc(C(=O)N3C[C@@H]4COC[C@H](C3)N(C)C4)cc2)CC1. The molecule has 26 heavy (non-hydrogen) atoms. The van der Waals surface area contributed by atoms with Crippen molar-refractivity contribution >= 4 is 11.6 Å². The van der Waals surface area contributed by atoms with E-state index in [-0.39, 0.29) is 5.91 Å². The molecule has 1 amide bonds. The first-order chi connectivity index (χ1) is 12.6. The number of nitrogens with zero attached hydrogens (tertiary/aromatic N) is 4. The van der Waals surface area contributed by atoms with Crippen LogP contribution in [-0.2, 0) is 4.74 Å². The van der Waals surface area contributed by atoms with E-state index in [4.69, 9.17) is 4.74 Å². The maximum atomic E-state index is 13.1. The summed E-state index contributed by atoms with van der Waals surface area (Å²) in [6.45, 7) is 8.31. The Hall–Kier alpha value is -1.63. The first-order valence-electron chi connectivity index (χ1n) is 9.71. The van der Waals surface area contributed by atoms with Gasteiger partial charge in [-0.2, -0.15) is 0 Å². The fourth-order valence-electron chi connectivity index (χ4n) is 4.28. The summed E-state index contributed by atoms with van der Waals surface area (Å²) in [6, 6.07) is 8.50. The van der Waals surface area contributed by atoms with Crippen LogP contribution in [0.2, 0.25) is 0 Å². The fraction of sp³-hybridized carbons (Fsp3) is 0.650. The van der Waals surface area contributed by atoms with Crippen molar-refractivity contribution in [1.29, 1.82) is 0 Å². The van der Waals surface area contributed by atoms with E-state index >= 15 is 0 Å². The first-order valence-corrected chi connectivity index (χ1v) is 9.71. The third-order valence-corrected chi connectivity index (χ3v) is 6.01. The van der Waals surface area contributed by atoms with Gasteiger partial charge in [-0.25, -0.2) is 0 Å². The fourth-order valence-corrected chi connectivity index (χ4v) is 4.28. The van der Waals surface area contributed by atoms with Gasteiger partial charge in [0.2, 0.25) is 0 Å². The summed E-state index contributed by atoms with van der Waals surface area (Å²) in [5, 5.41) is 0. The number of piperazine rings is 1. The first kappa shape index (κ1) is 17.8. The third kappa shape index (κ3) is 3.72. The van der Waals surface area contributed by atoms with Crippen LogP contribution in [0.4, 0.5) is 5.69 Å². The average molecular weight is 358 g/mol. The number of fused-ring (bicyclic) bond motifs is 3. The van der Waals surface area contributed by atoms with Gasteiger partial charge in [-0.15, -0.1) is 0 Å². The second-order valence-electron chi connectivity index (χ2n) is 8.04. The van der Waals surface area contributed by atoms with Crippen LogP contribution in [0.3, 0.4) is 0 Å². The molecule has 3 aliphatic heterocycles. The summed E-state index contributed by atoms with van der Waals surface area (Å²) in [7, 11) is 4.31. The molecule has 0 unspecified atom stereocenters. The van der Waals surface area contributed by atoms with Gasteiger partial charge >= 0.3 is 0 Å². The number of likely N-dealkylation sites (N-methyl/N-ethyl adjacent to an activating group) is 2. The lowest BCUT2D eigenvalue weighted by molar-refractivity contribution is 0.0434. The lowest BCUT2D eigenvalue weighted by Crippen LogP contribution is -2.45. The molecule has 4 rings (SSSR count). The molecule has 3 saturated heterocycles. The van der Waals surface area contributed by atoms with Crippen molar-refractivity contribution in [2.75, 3.05) is 78.0 Å². The van der Waals surface area contributed by atoms with Gasteiger partial charge in [0.1, 0.15) is 0 Å². The number of carbonyl (C=O) groups is 1. The molecular formula is C20H30N4O2. The Morgan fingerprint density at radius 1 is 0.962 bits per heavy atom. The minimum absolute atomic E-state index is 0.155. The van der Waals surface area contributed by atoms with Gasteiger partial charge in [-0.05, 0) is 38.4 Å². The molecule has 0 aromatic heterocycles. The smallest absolute Gasteiger partial charge is 0.253 e. The number of hydrogen-bond donors (Lipinski definition) is 0. The molecule has 142 valence electrons. The van der Waals surface area contributed by atoms with E-state index in [9.17, 15) is 4.79 Å². The monoisotopic (exact) mass is 358 g/mol. The van der Waals surface area contributed by atoms with Crippen molar-refractivity contribution in [2.24, 2.45) is 5.92 Å². The molecule has 6 heteroatoms. The number of amides is 1. The number of anilines is 1. The van der Waals surface area contributed by atoms with Crippen LogP contribution in [0, 0.1) is 5.92 Å². The highest BCUT2D eigenvalue weighted by atomic mass is 16.5. The van der Waals surface area contributed by atoms with Gasteiger partial charge in [0.05, 0.1) is 19.3 Å². The van der Waals surface area contributed by atoms with Crippen molar-refractivity contribution in [1.82, 2.24) is 14.7 Å². The van der Waals surface area contributed by atoms with Gasteiger partial charge in [0.15, 0.2) is 0 Å². The molecule has 3 heterocycles. The Bertz CT molecular complexity index is 627. The van der Waals surface area contributed by atoms with Crippen LogP contribution in [0.25, 0.3) is 0 Å². The lowest BCUT2D eigenvalue weighted by atomic mass is 10.1. The number of benzene rings is 1. The van der Waals surface area contributed by atoms with Crippen molar-refractivity contribution < 1.29 is 9.53 Å². The number of hydrogen-bond acceptors (Lipinski definition) is 5. The molecule has 0 saturated carbocycles. The van der Waals surface area contributed by atoms with Crippen LogP contribution in [0.15, 0.2) is 24.3 Å². The van der Waals surface area contributed by atoms with Gasteiger partial charge < -0.3 is 19.4 Å². The molecule has 3 fully saturated rings. The molecule has 2 bridgehead atoms. The molecular weight excluding hydrogens is 328 g/mol. The predicted octanol–water partition coefficient (Wildman–Crippen LogP) is 0.841. The Morgan fingerprint density at radius 2 is 1.69 bits per heavy atom. The third-order valence-electron chi connectivity index (χ3n) is 6.01. The Morgan fingerprint density at radius 3 is 2.42 bits per heavy atom. The molecule has 2 atom stereocenters. The molecule has 0 radical (unpaired) electrons. The normalized spacial score (nSPS) is 28.1. The zero-order valence-electron chi connectivity index (χ0n) is 15.9. The van der Waals surface area contributed by atoms with E-state index in [0.29, 0.717) is 12.0 Å². The molecule has 1 aromatic rings.